The van der Waals surface area contributed by atoms with Crippen LogP contribution in [0.25, 0.3) is 0 Å². The lowest BCUT2D eigenvalue weighted by molar-refractivity contribution is -0.136. The number of imide groups is 1. The average molecular weight is 372 g/mol. The van der Waals surface area contributed by atoms with Crippen LogP contribution in [-0.4, -0.2) is 46.7 Å². The predicted molar refractivity (Wildman–Crippen MR) is 97.7 cm³/mol. The number of amides is 4. The van der Waals surface area contributed by atoms with Crippen molar-refractivity contribution in [1.82, 2.24) is 15.5 Å². The Morgan fingerprint density at radius 2 is 2.07 bits per heavy atom. The van der Waals surface area contributed by atoms with Gasteiger partial charge in [-0.05, 0) is 50.9 Å². The molecule has 1 fully saturated rings. The summed E-state index contributed by atoms with van der Waals surface area (Å²) in [6.45, 7) is 4.40. The molecule has 4 amide bonds. The minimum atomic E-state index is -0.702. The quantitative estimate of drug-likeness (QED) is 0.642. The number of rotatable bonds is 5. The third kappa shape index (κ3) is 3.71. The number of hydrogen-bond donors (Lipinski definition) is 3. The summed E-state index contributed by atoms with van der Waals surface area (Å²) in [6.07, 6.45) is 1.10. The summed E-state index contributed by atoms with van der Waals surface area (Å²) in [5, 5.41) is 5.23. The van der Waals surface area contributed by atoms with Gasteiger partial charge in [-0.25, -0.2) is 0 Å². The van der Waals surface area contributed by atoms with Gasteiger partial charge in [0.2, 0.25) is 11.8 Å². The highest BCUT2D eigenvalue weighted by atomic mass is 16.2. The molecular weight excluding hydrogens is 348 g/mol. The molecule has 0 aliphatic carbocycles. The van der Waals surface area contributed by atoms with Crippen molar-refractivity contribution in [3.63, 3.8) is 0 Å². The molecule has 1 aromatic rings. The Labute approximate surface area is 157 Å². The van der Waals surface area contributed by atoms with Gasteiger partial charge in [0.15, 0.2) is 0 Å². The molecule has 1 atom stereocenters. The number of nitrogens with zero attached hydrogens (tertiary/aromatic N) is 1. The third-order valence-electron chi connectivity index (χ3n) is 5.05. The minimum Gasteiger partial charge on any atom is -0.347 e. The van der Waals surface area contributed by atoms with E-state index in [1.54, 1.807) is 18.2 Å². The average Bonchev–Trinajstić information content (AvgIpc) is 2.91. The minimum absolute atomic E-state index is 0.168. The molecule has 1 unspecified atom stereocenters. The van der Waals surface area contributed by atoms with Crippen molar-refractivity contribution in [2.75, 3.05) is 6.54 Å². The second kappa shape index (κ2) is 7.11. The van der Waals surface area contributed by atoms with Crippen molar-refractivity contribution < 1.29 is 19.2 Å². The van der Waals surface area contributed by atoms with Gasteiger partial charge in [0.25, 0.3) is 11.8 Å². The maximum absolute atomic E-state index is 12.8. The molecule has 4 N–H and O–H groups in total. The van der Waals surface area contributed by atoms with E-state index in [2.05, 4.69) is 10.6 Å². The van der Waals surface area contributed by atoms with Crippen molar-refractivity contribution in [1.29, 1.82) is 0 Å². The molecule has 8 nitrogen and oxygen atoms in total. The van der Waals surface area contributed by atoms with E-state index in [-0.39, 0.29) is 37.1 Å². The fraction of sp³-hybridized carbons (Fsp3) is 0.474. The zero-order valence-electron chi connectivity index (χ0n) is 15.5. The first-order valence-electron chi connectivity index (χ1n) is 9.02. The molecular formula is C19H24N4O4. The Morgan fingerprint density at radius 3 is 2.74 bits per heavy atom. The van der Waals surface area contributed by atoms with E-state index in [1.807, 2.05) is 13.8 Å². The van der Waals surface area contributed by atoms with Gasteiger partial charge in [-0.2, -0.15) is 0 Å². The van der Waals surface area contributed by atoms with Crippen LogP contribution in [0.5, 0.6) is 0 Å². The van der Waals surface area contributed by atoms with Crippen LogP contribution in [0.2, 0.25) is 0 Å². The molecule has 3 rings (SSSR count). The lowest BCUT2D eigenvalue weighted by Crippen LogP contribution is -2.52. The molecule has 0 radical (unpaired) electrons. The number of carbonyl (C=O) groups is 4. The van der Waals surface area contributed by atoms with Gasteiger partial charge < -0.3 is 16.0 Å². The van der Waals surface area contributed by atoms with Crippen LogP contribution in [0.3, 0.4) is 0 Å². The Kier molecular flexibility index (Phi) is 5.01. The van der Waals surface area contributed by atoms with E-state index >= 15 is 0 Å². The lowest BCUT2D eigenvalue weighted by atomic mass is 9.98. The highest BCUT2D eigenvalue weighted by Crippen LogP contribution is 2.30. The van der Waals surface area contributed by atoms with Crippen LogP contribution in [0.1, 0.15) is 59.4 Å². The SMILES string of the molecule is CC(C)(CCN)NC(=O)c1cccc2c1CN(C1CCC(=O)NC1=O)C2=O. The van der Waals surface area contributed by atoms with Crippen LogP contribution < -0.4 is 16.4 Å². The van der Waals surface area contributed by atoms with Gasteiger partial charge in [0, 0.05) is 29.6 Å². The van der Waals surface area contributed by atoms with Crippen molar-refractivity contribution in [3.8, 4) is 0 Å². The number of nitrogens with two attached hydrogens (primary N) is 1. The Bertz CT molecular complexity index is 818. The van der Waals surface area contributed by atoms with E-state index in [0.29, 0.717) is 29.7 Å². The first kappa shape index (κ1) is 19.0. The molecule has 8 heteroatoms. The van der Waals surface area contributed by atoms with Crippen LogP contribution >= 0.6 is 0 Å². The van der Waals surface area contributed by atoms with E-state index < -0.39 is 17.5 Å². The molecule has 2 aliphatic heterocycles. The van der Waals surface area contributed by atoms with E-state index in [0.717, 1.165) is 0 Å². The van der Waals surface area contributed by atoms with Crippen molar-refractivity contribution >= 4 is 23.6 Å². The summed E-state index contributed by atoms with van der Waals surface area (Å²) in [5.41, 5.74) is 6.57. The zero-order valence-corrected chi connectivity index (χ0v) is 15.5. The molecule has 1 aromatic carbocycles. The van der Waals surface area contributed by atoms with Gasteiger partial charge in [-0.15, -0.1) is 0 Å². The summed E-state index contributed by atoms with van der Waals surface area (Å²) in [4.78, 5) is 50.5. The van der Waals surface area contributed by atoms with Crippen molar-refractivity contribution in [2.45, 2.75) is 51.2 Å². The van der Waals surface area contributed by atoms with Crippen LogP contribution in [-0.2, 0) is 16.1 Å². The zero-order chi connectivity index (χ0) is 19.8. The lowest BCUT2D eigenvalue weighted by Gasteiger charge is -2.29. The summed E-state index contributed by atoms with van der Waals surface area (Å²) in [5.74, 6) is -1.37. The number of benzene rings is 1. The van der Waals surface area contributed by atoms with Gasteiger partial charge in [-0.3, -0.25) is 24.5 Å². The van der Waals surface area contributed by atoms with Gasteiger partial charge >= 0.3 is 0 Å². The fourth-order valence-corrected chi connectivity index (χ4v) is 3.60. The maximum atomic E-state index is 12.8. The number of carbonyl (C=O) groups excluding carboxylic acids is 4. The van der Waals surface area contributed by atoms with Crippen LogP contribution in [0.15, 0.2) is 18.2 Å². The first-order valence-corrected chi connectivity index (χ1v) is 9.02. The predicted octanol–water partition coefficient (Wildman–Crippen LogP) is 0.305. The highest BCUT2D eigenvalue weighted by Gasteiger charge is 2.40. The number of hydrogen-bond acceptors (Lipinski definition) is 5. The Hall–Kier alpha value is -2.74. The molecule has 1 saturated heterocycles. The molecule has 2 aliphatic rings. The molecule has 144 valence electrons. The molecule has 2 heterocycles. The molecule has 0 bridgehead atoms. The van der Waals surface area contributed by atoms with Crippen LogP contribution in [0.4, 0.5) is 0 Å². The third-order valence-corrected chi connectivity index (χ3v) is 5.05. The summed E-state index contributed by atoms with van der Waals surface area (Å²) in [7, 11) is 0. The maximum Gasteiger partial charge on any atom is 0.255 e. The largest absolute Gasteiger partial charge is 0.347 e. The van der Waals surface area contributed by atoms with Crippen molar-refractivity contribution in [3.05, 3.63) is 34.9 Å². The second-order valence-corrected chi connectivity index (χ2v) is 7.61. The van der Waals surface area contributed by atoms with Crippen molar-refractivity contribution in [2.24, 2.45) is 5.73 Å². The van der Waals surface area contributed by atoms with E-state index in [9.17, 15) is 19.2 Å². The summed E-state index contributed by atoms with van der Waals surface area (Å²) >= 11 is 0. The Balaban J connectivity index is 1.85. The number of piperidine rings is 1. The van der Waals surface area contributed by atoms with E-state index in [1.165, 1.54) is 4.90 Å². The standard InChI is InChI=1S/C19H24N4O4/c1-19(2,8-9-20)22-16(25)11-4-3-5-12-13(11)10-23(18(12)27)14-6-7-15(24)21-17(14)26/h3-5,14H,6-10,20H2,1-2H3,(H,22,25)(H,21,24,26). The molecule has 27 heavy (non-hydrogen) atoms. The highest BCUT2D eigenvalue weighted by molar-refractivity contribution is 6.07. The van der Waals surface area contributed by atoms with E-state index in [4.69, 9.17) is 5.73 Å². The molecule has 0 spiro atoms. The fourth-order valence-electron chi connectivity index (χ4n) is 3.60. The second-order valence-electron chi connectivity index (χ2n) is 7.61. The topological polar surface area (TPSA) is 122 Å². The summed E-state index contributed by atoms with van der Waals surface area (Å²) < 4.78 is 0. The normalized spacial score (nSPS) is 19.7. The smallest absolute Gasteiger partial charge is 0.255 e. The monoisotopic (exact) mass is 372 g/mol. The number of nitrogens with one attached hydrogen (secondary N) is 2. The summed E-state index contributed by atoms with van der Waals surface area (Å²) in [6, 6.07) is 4.29. The van der Waals surface area contributed by atoms with Gasteiger partial charge in [0.1, 0.15) is 6.04 Å². The van der Waals surface area contributed by atoms with Gasteiger partial charge in [0.05, 0.1) is 0 Å². The van der Waals surface area contributed by atoms with Gasteiger partial charge in [-0.1, -0.05) is 6.07 Å². The Morgan fingerprint density at radius 1 is 1.33 bits per heavy atom. The first-order chi connectivity index (χ1) is 12.7. The molecule has 0 aromatic heterocycles. The van der Waals surface area contributed by atoms with Crippen LogP contribution in [0, 0.1) is 0 Å². The molecule has 0 saturated carbocycles. The number of fused-ring (bicyclic) bond motifs is 1.